The largest absolute Gasteiger partial charge is 0.507 e. The van der Waals surface area contributed by atoms with E-state index in [2.05, 4.69) is 9.97 Å². The van der Waals surface area contributed by atoms with Crippen LogP contribution >= 0.6 is 11.6 Å². The molecule has 0 aliphatic rings. The van der Waals surface area contributed by atoms with Crippen LogP contribution in [0, 0.1) is 0 Å². The Kier molecular flexibility index (Phi) is 4.53. The van der Waals surface area contributed by atoms with Crippen LogP contribution in [-0.4, -0.2) is 15.1 Å². The second kappa shape index (κ2) is 6.76. The number of hydrogen-bond acceptors (Lipinski definition) is 3. The zero-order chi connectivity index (χ0) is 17.1. The molecule has 0 radical (unpaired) electrons. The van der Waals surface area contributed by atoms with Crippen molar-refractivity contribution >= 4 is 11.6 Å². The van der Waals surface area contributed by atoms with E-state index >= 15 is 0 Å². The van der Waals surface area contributed by atoms with Crippen LogP contribution in [0.3, 0.4) is 0 Å². The third-order valence-corrected chi connectivity index (χ3v) is 4.02. The number of nitrogens with one attached hydrogen (secondary N) is 2. The number of aromatic amines is 2. The lowest BCUT2D eigenvalue weighted by atomic mass is 9.98. The van der Waals surface area contributed by atoms with Crippen LogP contribution < -0.4 is 10.9 Å². The molecule has 0 unspecified atom stereocenters. The number of pyridine rings is 2. The van der Waals surface area contributed by atoms with Gasteiger partial charge in [0, 0.05) is 77.0 Å². The zero-order valence-corrected chi connectivity index (χ0v) is 13.4. The van der Waals surface area contributed by atoms with Gasteiger partial charge in [-0.1, -0.05) is 11.6 Å². The first-order valence-corrected chi connectivity index (χ1v) is 7.74. The molecule has 3 rings (SSSR count). The smallest absolute Gasteiger partial charge is 0.185 e. The maximum atomic E-state index is 11.9. The predicted molar refractivity (Wildman–Crippen MR) is 92.9 cm³/mol. The molecule has 0 bridgehead atoms. The van der Waals surface area contributed by atoms with Crippen molar-refractivity contribution in [3.63, 3.8) is 0 Å². The highest BCUT2D eigenvalue weighted by molar-refractivity contribution is 6.30. The van der Waals surface area contributed by atoms with Crippen LogP contribution in [0.25, 0.3) is 0 Å². The van der Waals surface area contributed by atoms with Gasteiger partial charge < -0.3 is 15.1 Å². The highest BCUT2D eigenvalue weighted by Gasteiger charge is 2.13. The summed E-state index contributed by atoms with van der Waals surface area (Å²) in [5.41, 5.74) is 1.91. The lowest BCUT2D eigenvalue weighted by molar-refractivity contribution is 0.463. The summed E-state index contributed by atoms with van der Waals surface area (Å²) in [6.07, 6.45) is 6.81. The Morgan fingerprint density at radius 2 is 1.29 bits per heavy atom. The minimum Gasteiger partial charge on any atom is -0.507 e. The summed E-state index contributed by atoms with van der Waals surface area (Å²) in [4.78, 5) is 29.4. The van der Waals surface area contributed by atoms with E-state index in [1.54, 1.807) is 36.9 Å². The van der Waals surface area contributed by atoms with Crippen molar-refractivity contribution in [2.45, 2.75) is 12.8 Å². The molecule has 0 saturated carbocycles. The minimum atomic E-state index is -0.117. The molecular formula is C18H15ClN2O3. The van der Waals surface area contributed by atoms with Gasteiger partial charge in [-0.05, 0) is 12.1 Å². The number of hydrogen-bond donors (Lipinski definition) is 3. The molecule has 0 aliphatic carbocycles. The number of aromatic nitrogens is 2. The summed E-state index contributed by atoms with van der Waals surface area (Å²) in [5.74, 6) is 0.0471. The summed E-state index contributed by atoms with van der Waals surface area (Å²) in [5, 5.41) is 11.0. The van der Waals surface area contributed by atoms with E-state index in [-0.39, 0.29) is 29.4 Å². The van der Waals surface area contributed by atoms with Gasteiger partial charge in [0.1, 0.15) is 5.75 Å². The zero-order valence-electron chi connectivity index (χ0n) is 12.7. The molecule has 0 amide bonds. The summed E-state index contributed by atoms with van der Waals surface area (Å²) >= 11 is 6.15. The van der Waals surface area contributed by atoms with E-state index in [0.29, 0.717) is 27.3 Å². The van der Waals surface area contributed by atoms with E-state index in [9.17, 15) is 14.7 Å². The third-order valence-electron chi connectivity index (χ3n) is 3.80. The Labute approximate surface area is 142 Å². The van der Waals surface area contributed by atoms with Gasteiger partial charge in [0.2, 0.25) is 0 Å². The van der Waals surface area contributed by atoms with Gasteiger partial charge in [0.05, 0.1) is 0 Å². The quantitative estimate of drug-likeness (QED) is 0.681. The SMILES string of the molecule is O=c1cc[nH]cc1Cc1cc(Cl)cc(Cc2c[nH]ccc2=O)c1O. The van der Waals surface area contributed by atoms with Gasteiger partial charge >= 0.3 is 0 Å². The number of halogens is 1. The topological polar surface area (TPSA) is 86.0 Å². The summed E-state index contributed by atoms with van der Waals surface area (Å²) in [6.45, 7) is 0. The molecular weight excluding hydrogens is 328 g/mol. The molecule has 2 aromatic heterocycles. The van der Waals surface area contributed by atoms with Crippen molar-refractivity contribution in [1.82, 2.24) is 9.97 Å². The van der Waals surface area contributed by atoms with Crippen molar-refractivity contribution in [2.75, 3.05) is 0 Å². The Balaban J connectivity index is 1.99. The van der Waals surface area contributed by atoms with Gasteiger partial charge in [0.15, 0.2) is 10.9 Å². The van der Waals surface area contributed by atoms with Gasteiger partial charge in [-0.3, -0.25) is 9.59 Å². The fourth-order valence-corrected chi connectivity index (χ4v) is 2.84. The standard InChI is InChI=1S/C18H15ClN2O3/c19-15-7-11(5-13-9-20-3-1-16(13)22)18(24)12(8-15)6-14-10-21-4-2-17(14)23/h1-4,7-10,24H,5-6H2,(H,20,22)(H,21,23). The molecule has 1 aromatic carbocycles. The Morgan fingerprint density at radius 1 is 0.833 bits per heavy atom. The first kappa shape index (κ1) is 16.1. The van der Waals surface area contributed by atoms with Crippen molar-refractivity contribution in [2.24, 2.45) is 0 Å². The molecule has 0 spiro atoms. The third kappa shape index (κ3) is 3.41. The minimum absolute atomic E-state index is 0.0471. The summed E-state index contributed by atoms with van der Waals surface area (Å²) in [6, 6.07) is 6.12. The van der Waals surface area contributed by atoms with E-state index in [1.807, 2.05) is 0 Å². The Hall–Kier alpha value is -2.79. The molecule has 6 heteroatoms. The van der Waals surface area contributed by atoms with Crippen LogP contribution in [0.15, 0.2) is 58.6 Å². The molecule has 0 saturated heterocycles. The van der Waals surface area contributed by atoms with Gasteiger partial charge in [0.25, 0.3) is 0 Å². The van der Waals surface area contributed by atoms with Gasteiger partial charge in [-0.15, -0.1) is 0 Å². The monoisotopic (exact) mass is 342 g/mol. The summed E-state index contributed by atoms with van der Waals surface area (Å²) < 4.78 is 0. The second-order valence-electron chi connectivity index (χ2n) is 5.49. The van der Waals surface area contributed by atoms with Crippen molar-refractivity contribution in [3.05, 3.63) is 96.8 Å². The molecule has 3 N–H and O–H groups in total. The molecule has 3 aromatic rings. The second-order valence-corrected chi connectivity index (χ2v) is 5.93. The van der Waals surface area contributed by atoms with Crippen molar-refractivity contribution in [1.29, 1.82) is 0 Å². The van der Waals surface area contributed by atoms with E-state index in [0.717, 1.165) is 0 Å². The maximum Gasteiger partial charge on any atom is 0.185 e. The first-order valence-electron chi connectivity index (χ1n) is 7.37. The number of aromatic hydroxyl groups is 1. The molecule has 5 nitrogen and oxygen atoms in total. The fourth-order valence-electron chi connectivity index (χ4n) is 2.58. The van der Waals surface area contributed by atoms with Crippen molar-refractivity contribution < 1.29 is 5.11 Å². The molecule has 0 atom stereocenters. The fraction of sp³-hybridized carbons (Fsp3) is 0.111. The maximum absolute atomic E-state index is 11.9. The lowest BCUT2D eigenvalue weighted by Gasteiger charge is -2.11. The number of phenols is 1. The highest BCUT2D eigenvalue weighted by atomic mass is 35.5. The number of phenolic OH excluding ortho intramolecular Hbond substituents is 1. The van der Waals surface area contributed by atoms with Crippen LogP contribution in [0.2, 0.25) is 5.02 Å². The van der Waals surface area contributed by atoms with Crippen LogP contribution in [0.4, 0.5) is 0 Å². The number of H-pyrrole nitrogens is 2. The molecule has 2 heterocycles. The molecule has 0 fully saturated rings. The van der Waals surface area contributed by atoms with Gasteiger partial charge in [-0.25, -0.2) is 0 Å². The Morgan fingerprint density at radius 3 is 1.71 bits per heavy atom. The Bertz CT molecular complexity index is 915. The molecule has 24 heavy (non-hydrogen) atoms. The first-order chi connectivity index (χ1) is 11.5. The van der Waals surface area contributed by atoms with Gasteiger partial charge in [-0.2, -0.15) is 0 Å². The average molecular weight is 343 g/mol. The van der Waals surface area contributed by atoms with E-state index < -0.39 is 0 Å². The molecule has 0 aliphatic heterocycles. The van der Waals surface area contributed by atoms with Crippen LogP contribution in [0.5, 0.6) is 5.75 Å². The molecule has 122 valence electrons. The normalized spacial score (nSPS) is 10.7. The highest BCUT2D eigenvalue weighted by Crippen LogP contribution is 2.29. The van der Waals surface area contributed by atoms with Crippen molar-refractivity contribution in [3.8, 4) is 5.75 Å². The average Bonchev–Trinajstić information content (AvgIpc) is 2.56. The van der Waals surface area contributed by atoms with Crippen LogP contribution in [0.1, 0.15) is 22.3 Å². The number of rotatable bonds is 4. The van der Waals surface area contributed by atoms with E-state index in [4.69, 9.17) is 11.6 Å². The van der Waals surface area contributed by atoms with Crippen LogP contribution in [-0.2, 0) is 12.8 Å². The lowest BCUT2D eigenvalue weighted by Crippen LogP contribution is -2.10. The predicted octanol–water partition coefficient (Wildman–Crippen LogP) is 2.60. The number of benzene rings is 1. The summed E-state index contributed by atoms with van der Waals surface area (Å²) in [7, 11) is 0. The van der Waals surface area contributed by atoms with E-state index in [1.165, 1.54) is 12.1 Å².